The first kappa shape index (κ1) is 18.2. The van der Waals surface area contributed by atoms with Crippen molar-refractivity contribution in [2.24, 2.45) is 0 Å². The molecule has 5 heteroatoms. The second kappa shape index (κ2) is 6.19. The van der Waals surface area contributed by atoms with E-state index in [1.807, 2.05) is 42.5 Å². The van der Waals surface area contributed by atoms with Crippen molar-refractivity contribution in [3.63, 3.8) is 0 Å². The molecular formula is C25H25NO4. The van der Waals surface area contributed by atoms with Gasteiger partial charge in [-0.25, -0.2) is 0 Å². The highest BCUT2D eigenvalue weighted by molar-refractivity contribution is 5.99. The van der Waals surface area contributed by atoms with Crippen molar-refractivity contribution < 1.29 is 19.0 Å². The molecule has 1 fully saturated rings. The molecule has 2 aromatic carbocycles. The maximum atomic E-state index is 13.0. The first-order valence-electron chi connectivity index (χ1n) is 10.6. The van der Waals surface area contributed by atoms with Crippen molar-refractivity contribution in [2.75, 3.05) is 20.7 Å². The van der Waals surface area contributed by atoms with Crippen LogP contribution in [-0.2, 0) is 28.0 Å². The molecule has 0 N–H and O–H groups in total. The minimum Gasteiger partial charge on any atom is -0.485 e. The average Bonchev–Trinajstić information content (AvgIpc) is 3.13. The fourth-order valence-electron chi connectivity index (χ4n) is 6.32. The van der Waals surface area contributed by atoms with Crippen molar-refractivity contribution in [3.8, 4) is 11.5 Å². The number of methoxy groups -OCH3 is 1. The number of likely N-dealkylation sites (N-methyl/N-ethyl adjacent to an activating group) is 1. The van der Waals surface area contributed by atoms with Gasteiger partial charge in [0.05, 0.1) is 5.41 Å². The van der Waals surface area contributed by atoms with Gasteiger partial charge in [-0.05, 0) is 55.8 Å². The van der Waals surface area contributed by atoms with Gasteiger partial charge in [-0.3, -0.25) is 9.69 Å². The number of rotatable bonds is 4. The summed E-state index contributed by atoms with van der Waals surface area (Å²) in [7, 11) is 3.92. The van der Waals surface area contributed by atoms with Gasteiger partial charge in [0.1, 0.15) is 12.2 Å². The molecule has 0 amide bonds. The van der Waals surface area contributed by atoms with Crippen molar-refractivity contribution >= 4 is 5.78 Å². The normalized spacial score (nSPS) is 33.2. The van der Waals surface area contributed by atoms with Crippen LogP contribution in [0.4, 0.5) is 0 Å². The molecule has 0 aromatic heterocycles. The summed E-state index contributed by atoms with van der Waals surface area (Å²) in [6, 6.07) is 14.4. The van der Waals surface area contributed by atoms with Crippen LogP contribution in [0.1, 0.15) is 23.1 Å². The minimum atomic E-state index is -0.575. The molecule has 4 aliphatic rings. The molecule has 6 rings (SSSR count). The maximum absolute atomic E-state index is 13.0. The standard InChI is InChI=1S/C25H25NO4/c1-26-13-12-24-21-17-8-9-19(29-15-16-6-4-3-5-7-16)22(21)30-23(24)18(27)10-11-25(24,28-2)20(26)14-17/h3-11,20,23H,12-15H2,1-2H3/t20?,23-,24-,25+/m0/s1. The molecule has 2 aliphatic carbocycles. The average molecular weight is 403 g/mol. The molecule has 5 nitrogen and oxygen atoms in total. The van der Waals surface area contributed by atoms with Gasteiger partial charge < -0.3 is 14.2 Å². The highest BCUT2D eigenvalue weighted by Gasteiger charge is 2.72. The number of carbonyl (C=O) groups excluding carboxylic acids is 1. The van der Waals surface area contributed by atoms with Gasteiger partial charge in [0.15, 0.2) is 23.4 Å². The topological polar surface area (TPSA) is 48.0 Å². The number of likely N-dealkylation sites (tertiary alicyclic amines) is 1. The van der Waals surface area contributed by atoms with Crippen molar-refractivity contribution in [1.29, 1.82) is 0 Å². The lowest BCUT2D eigenvalue weighted by Crippen LogP contribution is -2.75. The zero-order valence-corrected chi connectivity index (χ0v) is 17.3. The summed E-state index contributed by atoms with van der Waals surface area (Å²) < 4.78 is 18.9. The fourth-order valence-corrected chi connectivity index (χ4v) is 6.32. The Labute approximate surface area is 176 Å². The van der Waals surface area contributed by atoms with Crippen LogP contribution in [0, 0.1) is 0 Å². The van der Waals surface area contributed by atoms with Crippen LogP contribution in [0.3, 0.4) is 0 Å². The van der Waals surface area contributed by atoms with Gasteiger partial charge in [-0.1, -0.05) is 36.4 Å². The molecule has 4 atom stereocenters. The van der Waals surface area contributed by atoms with Crippen LogP contribution in [-0.4, -0.2) is 49.1 Å². The van der Waals surface area contributed by atoms with E-state index >= 15 is 0 Å². The third kappa shape index (κ3) is 2.07. The summed E-state index contributed by atoms with van der Waals surface area (Å²) in [5.74, 6) is 1.45. The lowest BCUT2D eigenvalue weighted by Gasteiger charge is -2.61. The number of hydrogen-bond donors (Lipinski definition) is 0. The van der Waals surface area contributed by atoms with Crippen LogP contribution >= 0.6 is 0 Å². The highest BCUT2D eigenvalue weighted by atomic mass is 16.5. The van der Waals surface area contributed by atoms with E-state index in [1.165, 1.54) is 5.56 Å². The van der Waals surface area contributed by atoms with E-state index in [0.717, 1.165) is 36.3 Å². The quantitative estimate of drug-likeness (QED) is 0.785. The Hall–Kier alpha value is -2.63. The monoisotopic (exact) mass is 403 g/mol. The van der Waals surface area contributed by atoms with Crippen LogP contribution in [0.5, 0.6) is 11.5 Å². The summed E-state index contributed by atoms with van der Waals surface area (Å²) in [5.41, 5.74) is 2.39. The van der Waals surface area contributed by atoms with Crippen molar-refractivity contribution in [1.82, 2.24) is 4.90 Å². The van der Waals surface area contributed by atoms with Gasteiger partial charge in [-0.2, -0.15) is 0 Å². The predicted molar refractivity (Wildman–Crippen MR) is 112 cm³/mol. The summed E-state index contributed by atoms with van der Waals surface area (Å²) in [6.45, 7) is 1.37. The summed E-state index contributed by atoms with van der Waals surface area (Å²) >= 11 is 0. The second-order valence-electron chi connectivity index (χ2n) is 8.85. The van der Waals surface area contributed by atoms with Crippen LogP contribution in [0.2, 0.25) is 0 Å². The molecule has 154 valence electrons. The Balaban J connectivity index is 1.51. The molecule has 1 saturated heterocycles. The number of hydrogen-bond acceptors (Lipinski definition) is 5. The molecule has 1 spiro atoms. The number of nitrogens with zero attached hydrogens (tertiary/aromatic N) is 1. The number of ether oxygens (including phenoxy) is 3. The first-order chi connectivity index (χ1) is 14.6. The maximum Gasteiger partial charge on any atom is 0.196 e. The molecule has 1 unspecified atom stereocenters. The fraction of sp³-hybridized carbons (Fsp3) is 0.400. The lowest BCUT2D eigenvalue weighted by atomic mass is 9.50. The number of ketones is 1. The van der Waals surface area contributed by atoms with Gasteiger partial charge in [0, 0.05) is 18.7 Å². The highest BCUT2D eigenvalue weighted by Crippen LogP contribution is 2.64. The van der Waals surface area contributed by atoms with E-state index in [2.05, 4.69) is 18.0 Å². The van der Waals surface area contributed by atoms with Gasteiger partial charge in [-0.15, -0.1) is 0 Å². The first-order valence-corrected chi connectivity index (χ1v) is 10.6. The number of benzene rings is 2. The molecule has 2 aromatic rings. The molecule has 0 radical (unpaired) electrons. The number of carbonyl (C=O) groups is 1. The van der Waals surface area contributed by atoms with E-state index < -0.39 is 17.1 Å². The Bertz CT molecular complexity index is 1060. The molecular weight excluding hydrogens is 378 g/mol. The number of piperidine rings is 1. The van der Waals surface area contributed by atoms with Crippen molar-refractivity contribution in [3.05, 3.63) is 71.3 Å². The summed E-state index contributed by atoms with van der Waals surface area (Å²) in [5, 5.41) is 0. The van der Waals surface area contributed by atoms with Crippen LogP contribution in [0.15, 0.2) is 54.6 Å². The second-order valence-corrected chi connectivity index (χ2v) is 8.85. The third-order valence-corrected chi connectivity index (χ3v) is 7.66. The molecule has 2 heterocycles. The summed E-state index contributed by atoms with van der Waals surface area (Å²) in [6.07, 6.45) is 4.79. The molecule has 2 bridgehead atoms. The zero-order chi connectivity index (χ0) is 20.5. The van der Waals surface area contributed by atoms with Crippen molar-refractivity contribution in [2.45, 2.75) is 42.6 Å². The molecule has 2 aliphatic heterocycles. The Kier molecular flexibility index (Phi) is 3.75. The van der Waals surface area contributed by atoms with Crippen LogP contribution < -0.4 is 9.47 Å². The van der Waals surface area contributed by atoms with Gasteiger partial charge in [0.2, 0.25) is 0 Å². The van der Waals surface area contributed by atoms with Crippen LogP contribution in [0.25, 0.3) is 0 Å². The van der Waals surface area contributed by atoms with E-state index in [9.17, 15) is 4.79 Å². The third-order valence-electron chi connectivity index (χ3n) is 7.66. The van der Waals surface area contributed by atoms with E-state index in [1.54, 1.807) is 13.2 Å². The Morgan fingerprint density at radius 2 is 2.03 bits per heavy atom. The predicted octanol–water partition coefficient (Wildman–Crippen LogP) is 3.05. The summed E-state index contributed by atoms with van der Waals surface area (Å²) in [4.78, 5) is 15.4. The van der Waals surface area contributed by atoms with Gasteiger partial charge in [0.25, 0.3) is 0 Å². The lowest BCUT2D eigenvalue weighted by molar-refractivity contribution is -0.162. The molecule has 30 heavy (non-hydrogen) atoms. The van der Waals surface area contributed by atoms with E-state index in [-0.39, 0.29) is 11.8 Å². The van der Waals surface area contributed by atoms with E-state index in [0.29, 0.717) is 12.4 Å². The van der Waals surface area contributed by atoms with E-state index in [4.69, 9.17) is 14.2 Å². The zero-order valence-electron chi connectivity index (χ0n) is 17.3. The van der Waals surface area contributed by atoms with Gasteiger partial charge >= 0.3 is 0 Å². The largest absolute Gasteiger partial charge is 0.485 e. The minimum absolute atomic E-state index is 0.0176. The smallest absolute Gasteiger partial charge is 0.196 e. The SMILES string of the molecule is CO[C@@]12C=CC(=O)[C@@H]3Oc4c(OCc5ccccc5)ccc5c4[C@@]31CCN(C)C2C5. The Morgan fingerprint density at radius 3 is 2.83 bits per heavy atom. The Morgan fingerprint density at radius 1 is 1.20 bits per heavy atom. The molecule has 0 saturated carbocycles.